The molecular weight excluding hydrogens is 137 g/mol. The van der Waals surface area contributed by atoms with Gasteiger partial charge in [-0.25, -0.2) is 0 Å². The summed E-state index contributed by atoms with van der Waals surface area (Å²) in [5.41, 5.74) is 0. The molecule has 0 spiro atoms. The average molecular weight is 151 g/mol. The quantitative estimate of drug-likeness (QED) is 0.443. The smallest absolute Gasteiger partial charge is 0.663 e. The van der Waals surface area contributed by atoms with Gasteiger partial charge in [-0.3, -0.25) is 0 Å². The first kappa shape index (κ1) is 10.9. The molecule has 0 aromatic heterocycles. The van der Waals surface area contributed by atoms with Gasteiger partial charge in [0, 0.05) is 12.7 Å². The van der Waals surface area contributed by atoms with E-state index in [1.807, 2.05) is 7.05 Å². The number of nitrogens with zero attached hydrogens (tertiary/aromatic N) is 1. The van der Waals surface area contributed by atoms with E-state index in [9.17, 15) is 0 Å². The predicted molar refractivity (Wildman–Crippen MR) is 37.7 cm³/mol. The van der Waals surface area contributed by atoms with Gasteiger partial charge in [0.2, 0.25) is 0 Å². The summed E-state index contributed by atoms with van der Waals surface area (Å²) in [7, 11) is 1.85. The Balaban J connectivity index is 0.000000810. The second-order valence-electron chi connectivity index (χ2n) is 2.49. The SMILES string of the molecule is C[N-]CC1CCCCO1.[Na+]. The Morgan fingerprint density at radius 1 is 1.50 bits per heavy atom. The molecule has 0 radical (unpaired) electrons. The molecule has 1 unspecified atom stereocenters. The minimum absolute atomic E-state index is 0. The Kier molecular flexibility index (Phi) is 7.23. The summed E-state index contributed by atoms with van der Waals surface area (Å²) in [6, 6.07) is 0. The minimum Gasteiger partial charge on any atom is -0.663 e. The van der Waals surface area contributed by atoms with Gasteiger partial charge >= 0.3 is 29.6 Å². The van der Waals surface area contributed by atoms with Crippen molar-refractivity contribution in [1.82, 2.24) is 0 Å². The van der Waals surface area contributed by atoms with Crippen LogP contribution in [0.3, 0.4) is 0 Å². The monoisotopic (exact) mass is 151 g/mol. The first-order chi connectivity index (χ1) is 4.43. The fourth-order valence-corrected chi connectivity index (χ4v) is 1.16. The van der Waals surface area contributed by atoms with E-state index in [-0.39, 0.29) is 29.6 Å². The zero-order valence-corrected chi connectivity index (χ0v) is 8.97. The van der Waals surface area contributed by atoms with Gasteiger partial charge in [0.05, 0.1) is 0 Å². The van der Waals surface area contributed by atoms with Crippen LogP contribution in [0.2, 0.25) is 0 Å². The van der Waals surface area contributed by atoms with E-state index in [2.05, 4.69) is 5.32 Å². The summed E-state index contributed by atoms with van der Waals surface area (Å²) in [6.45, 7) is 1.83. The molecule has 1 aliphatic heterocycles. The van der Waals surface area contributed by atoms with Crippen LogP contribution in [0, 0.1) is 0 Å². The zero-order chi connectivity index (χ0) is 6.53. The van der Waals surface area contributed by atoms with Gasteiger partial charge < -0.3 is 10.1 Å². The molecule has 1 fully saturated rings. The Bertz CT molecular complexity index is 71.3. The number of likely N-dealkylation sites (N-methyl/N-ethyl adjacent to an activating group) is 1. The molecule has 0 aromatic carbocycles. The average Bonchev–Trinajstić information content (AvgIpc) is 1.91. The number of ether oxygens (including phenoxy) is 1. The molecule has 0 aromatic rings. The van der Waals surface area contributed by atoms with Crippen molar-refractivity contribution in [2.24, 2.45) is 0 Å². The molecule has 1 aliphatic rings. The van der Waals surface area contributed by atoms with Gasteiger partial charge in [0.25, 0.3) is 0 Å². The molecule has 0 bridgehead atoms. The van der Waals surface area contributed by atoms with Crippen LogP contribution in [0.1, 0.15) is 19.3 Å². The van der Waals surface area contributed by atoms with Crippen molar-refractivity contribution in [3.63, 3.8) is 0 Å². The van der Waals surface area contributed by atoms with Gasteiger partial charge in [0.1, 0.15) is 0 Å². The molecule has 0 amide bonds. The Labute approximate surface area is 85.0 Å². The standard InChI is InChI=1S/C7H14NO.Na/c1-8-6-7-4-2-3-5-9-7;/h7H,2-6H2,1H3;/q-1;+1. The van der Waals surface area contributed by atoms with E-state index in [1.54, 1.807) is 0 Å². The molecule has 0 saturated carbocycles. The first-order valence-electron chi connectivity index (χ1n) is 3.60. The topological polar surface area (TPSA) is 23.3 Å². The molecular formula is C7H14NNaO. The molecule has 1 rings (SSSR count). The van der Waals surface area contributed by atoms with Crippen molar-refractivity contribution in [2.45, 2.75) is 25.4 Å². The largest absolute Gasteiger partial charge is 1.00 e. The fraction of sp³-hybridized carbons (Fsp3) is 1.00. The summed E-state index contributed by atoms with van der Waals surface area (Å²) in [5.74, 6) is 0. The van der Waals surface area contributed by atoms with Crippen LogP contribution in [-0.4, -0.2) is 26.3 Å². The van der Waals surface area contributed by atoms with Gasteiger partial charge in [-0.1, -0.05) is 0 Å². The maximum atomic E-state index is 5.42. The molecule has 1 heterocycles. The van der Waals surface area contributed by atoms with Crippen molar-refractivity contribution < 1.29 is 34.3 Å². The van der Waals surface area contributed by atoms with E-state index < -0.39 is 0 Å². The summed E-state index contributed by atoms with van der Waals surface area (Å²) in [4.78, 5) is 0. The van der Waals surface area contributed by atoms with Crippen molar-refractivity contribution in [3.05, 3.63) is 5.32 Å². The Hall–Kier alpha value is 0.920. The molecule has 1 atom stereocenters. The third kappa shape index (κ3) is 3.94. The maximum Gasteiger partial charge on any atom is 1.00 e. The molecule has 3 heteroatoms. The molecule has 54 valence electrons. The van der Waals surface area contributed by atoms with Crippen LogP contribution in [0.25, 0.3) is 5.32 Å². The summed E-state index contributed by atoms with van der Waals surface area (Å²) >= 11 is 0. The van der Waals surface area contributed by atoms with Crippen LogP contribution >= 0.6 is 0 Å². The maximum absolute atomic E-state index is 5.42. The van der Waals surface area contributed by atoms with Crippen molar-refractivity contribution >= 4 is 0 Å². The van der Waals surface area contributed by atoms with Crippen molar-refractivity contribution in [3.8, 4) is 0 Å². The summed E-state index contributed by atoms with van der Waals surface area (Å²) in [6.07, 6.45) is 4.20. The van der Waals surface area contributed by atoms with Crippen molar-refractivity contribution in [1.29, 1.82) is 0 Å². The second kappa shape index (κ2) is 6.62. The zero-order valence-electron chi connectivity index (χ0n) is 6.97. The molecule has 0 N–H and O–H groups in total. The van der Waals surface area contributed by atoms with Gasteiger partial charge in [0.15, 0.2) is 0 Å². The number of hydrogen-bond donors (Lipinski definition) is 0. The van der Waals surface area contributed by atoms with Gasteiger partial charge in [-0.15, -0.1) is 6.54 Å². The van der Waals surface area contributed by atoms with E-state index in [4.69, 9.17) is 4.74 Å². The van der Waals surface area contributed by atoms with Crippen LogP contribution in [-0.2, 0) is 4.74 Å². The van der Waals surface area contributed by atoms with E-state index >= 15 is 0 Å². The van der Waals surface area contributed by atoms with Crippen LogP contribution in [0.4, 0.5) is 0 Å². The normalized spacial score (nSPS) is 25.5. The van der Waals surface area contributed by atoms with E-state index in [0.717, 1.165) is 13.2 Å². The summed E-state index contributed by atoms with van der Waals surface area (Å²) in [5, 5.41) is 4.03. The number of hydrogen-bond acceptors (Lipinski definition) is 1. The van der Waals surface area contributed by atoms with Crippen molar-refractivity contribution in [2.75, 3.05) is 20.2 Å². The van der Waals surface area contributed by atoms with Crippen LogP contribution in [0.15, 0.2) is 0 Å². The number of rotatable bonds is 2. The van der Waals surface area contributed by atoms with E-state index in [0.29, 0.717) is 6.10 Å². The fourth-order valence-electron chi connectivity index (χ4n) is 1.16. The molecule has 0 aliphatic carbocycles. The summed E-state index contributed by atoms with van der Waals surface area (Å²) < 4.78 is 5.42. The predicted octanol–water partition coefficient (Wildman–Crippen LogP) is -1.44. The Morgan fingerprint density at radius 2 is 2.30 bits per heavy atom. The first-order valence-corrected chi connectivity index (χ1v) is 3.60. The van der Waals surface area contributed by atoms with Crippen LogP contribution in [0.5, 0.6) is 0 Å². The third-order valence-corrected chi connectivity index (χ3v) is 1.66. The third-order valence-electron chi connectivity index (χ3n) is 1.66. The van der Waals surface area contributed by atoms with Crippen LogP contribution < -0.4 is 29.6 Å². The molecule has 10 heavy (non-hydrogen) atoms. The molecule has 1 saturated heterocycles. The Morgan fingerprint density at radius 3 is 2.80 bits per heavy atom. The van der Waals surface area contributed by atoms with E-state index in [1.165, 1.54) is 19.3 Å². The van der Waals surface area contributed by atoms with Gasteiger partial charge in [-0.05, 0) is 19.3 Å². The van der Waals surface area contributed by atoms with Gasteiger partial charge in [-0.2, -0.15) is 7.05 Å². The second-order valence-corrected chi connectivity index (χ2v) is 2.49. The minimum atomic E-state index is 0. The molecule has 2 nitrogen and oxygen atoms in total.